The number of para-hydroxylation sites is 1. The largest absolute Gasteiger partial charge is 0.324 e. The van der Waals surface area contributed by atoms with Gasteiger partial charge in [0.2, 0.25) is 17.7 Å². The number of carbonyl (C=O) groups is 3. The van der Waals surface area contributed by atoms with Crippen LogP contribution in [-0.4, -0.2) is 28.7 Å². The lowest BCUT2D eigenvalue weighted by Gasteiger charge is -2.38. The number of nitrogens with zero attached hydrogens (tertiary/aromatic N) is 1. The molecule has 5 atom stereocenters. The van der Waals surface area contributed by atoms with Gasteiger partial charge < -0.3 is 5.32 Å². The standard InChI is InChI=1S/C25H24N2O3/c28-23(26-19-9-5-2-6-10-19)20(15-16-7-3-1-4-8-16)27-24(29)21-17-11-12-18(14-13-17)22(21)25(27)30/h1-12,17-18,20-22H,13-15H2,(H,26,28). The van der Waals surface area contributed by atoms with Crippen molar-refractivity contribution in [2.75, 3.05) is 5.32 Å². The summed E-state index contributed by atoms with van der Waals surface area (Å²) in [6.45, 7) is 0. The van der Waals surface area contributed by atoms with Crippen molar-refractivity contribution in [1.82, 2.24) is 4.90 Å². The van der Waals surface area contributed by atoms with E-state index in [1.807, 2.05) is 48.5 Å². The van der Waals surface area contributed by atoms with Crippen molar-refractivity contribution in [1.29, 1.82) is 0 Å². The van der Waals surface area contributed by atoms with Crippen molar-refractivity contribution < 1.29 is 14.4 Å². The number of rotatable bonds is 5. The molecule has 2 fully saturated rings. The molecule has 4 aliphatic rings. The first kappa shape index (κ1) is 18.8. The van der Waals surface area contributed by atoms with E-state index < -0.39 is 6.04 Å². The van der Waals surface area contributed by atoms with E-state index in [1.54, 1.807) is 12.1 Å². The Morgan fingerprint density at radius 3 is 1.93 bits per heavy atom. The van der Waals surface area contributed by atoms with Crippen LogP contribution in [0, 0.1) is 23.7 Å². The predicted molar refractivity (Wildman–Crippen MR) is 113 cm³/mol. The summed E-state index contributed by atoms with van der Waals surface area (Å²) in [7, 11) is 0. The van der Waals surface area contributed by atoms with Gasteiger partial charge in [-0.2, -0.15) is 0 Å². The van der Waals surface area contributed by atoms with Crippen molar-refractivity contribution >= 4 is 23.4 Å². The molecule has 5 nitrogen and oxygen atoms in total. The lowest BCUT2D eigenvalue weighted by molar-refractivity contribution is -0.146. The normalized spacial score (nSPS) is 27.8. The lowest BCUT2D eigenvalue weighted by atomic mass is 9.63. The second kappa shape index (κ2) is 7.56. The maximum atomic E-state index is 13.4. The van der Waals surface area contributed by atoms with Crippen molar-refractivity contribution in [2.45, 2.75) is 25.3 Å². The van der Waals surface area contributed by atoms with Crippen molar-refractivity contribution in [3.8, 4) is 0 Å². The number of imide groups is 1. The van der Waals surface area contributed by atoms with Gasteiger partial charge in [0.1, 0.15) is 6.04 Å². The van der Waals surface area contributed by atoms with Gasteiger partial charge in [-0.3, -0.25) is 19.3 Å². The summed E-state index contributed by atoms with van der Waals surface area (Å²) in [4.78, 5) is 41.4. The lowest BCUT2D eigenvalue weighted by Crippen LogP contribution is -2.49. The van der Waals surface area contributed by atoms with Gasteiger partial charge in [0, 0.05) is 12.1 Å². The van der Waals surface area contributed by atoms with E-state index >= 15 is 0 Å². The smallest absolute Gasteiger partial charge is 0.248 e. The highest BCUT2D eigenvalue weighted by molar-refractivity contribution is 6.10. The fourth-order valence-electron chi connectivity index (χ4n) is 5.29. The molecule has 1 aliphatic heterocycles. The Kier molecular flexibility index (Phi) is 4.74. The molecule has 2 aromatic carbocycles. The Hall–Kier alpha value is -3.21. The molecule has 152 valence electrons. The number of hydrogen-bond donors (Lipinski definition) is 1. The summed E-state index contributed by atoms with van der Waals surface area (Å²) in [6.07, 6.45) is 6.38. The van der Waals surface area contributed by atoms with Crippen molar-refractivity contribution in [3.05, 3.63) is 78.4 Å². The maximum absolute atomic E-state index is 13.4. The van der Waals surface area contributed by atoms with Gasteiger partial charge in [-0.1, -0.05) is 60.7 Å². The maximum Gasteiger partial charge on any atom is 0.248 e. The fraction of sp³-hybridized carbons (Fsp3) is 0.320. The third kappa shape index (κ3) is 3.15. The van der Waals surface area contributed by atoms with Crippen LogP contribution < -0.4 is 5.32 Å². The van der Waals surface area contributed by atoms with Crippen LogP contribution in [0.1, 0.15) is 18.4 Å². The highest BCUT2D eigenvalue weighted by Crippen LogP contribution is 2.50. The van der Waals surface area contributed by atoms with Crippen LogP contribution in [0.5, 0.6) is 0 Å². The Bertz CT molecular complexity index is 970. The summed E-state index contributed by atoms with van der Waals surface area (Å²) < 4.78 is 0. The number of amides is 3. The number of hydrogen-bond acceptors (Lipinski definition) is 3. The van der Waals surface area contributed by atoms with E-state index in [1.165, 1.54) is 4.90 Å². The highest BCUT2D eigenvalue weighted by atomic mass is 16.2. The second-order valence-corrected chi connectivity index (χ2v) is 8.45. The molecule has 0 spiro atoms. The fourth-order valence-corrected chi connectivity index (χ4v) is 5.29. The molecular weight excluding hydrogens is 376 g/mol. The molecule has 1 saturated heterocycles. The van der Waals surface area contributed by atoms with E-state index in [0.29, 0.717) is 12.1 Å². The zero-order chi connectivity index (χ0) is 20.7. The Balaban J connectivity index is 1.47. The number of likely N-dealkylation sites (tertiary alicyclic amines) is 1. The summed E-state index contributed by atoms with van der Waals surface area (Å²) >= 11 is 0. The number of benzene rings is 2. The summed E-state index contributed by atoms with van der Waals surface area (Å²) in [5.74, 6) is -1.12. The van der Waals surface area contributed by atoms with E-state index in [2.05, 4.69) is 17.5 Å². The Morgan fingerprint density at radius 1 is 0.867 bits per heavy atom. The molecule has 5 heteroatoms. The zero-order valence-corrected chi connectivity index (χ0v) is 16.6. The highest BCUT2D eigenvalue weighted by Gasteiger charge is 2.58. The third-order valence-electron chi connectivity index (χ3n) is 6.72. The molecule has 5 unspecified atom stereocenters. The minimum Gasteiger partial charge on any atom is -0.324 e. The molecule has 2 bridgehead atoms. The number of fused-ring (bicyclic) bond motifs is 1. The minimum atomic E-state index is -0.863. The molecule has 3 aliphatic carbocycles. The van der Waals surface area contributed by atoms with Crippen molar-refractivity contribution in [2.24, 2.45) is 23.7 Å². The predicted octanol–water partition coefficient (Wildman–Crippen LogP) is 3.43. The summed E-state index contributed by atoms with van der Waals surface area (Å²) in [6, 6.07) is 17.8. The first-order chi connectivity index (χ1) is 14.6. The minimum absolute atomic E-state index is 0.107. The van der Waals surface area contributed by atoms with Crippen LogP contribution in [-0.2, 0) is 20.8 Å². The average molecular weight is 400 g/mol. The van der Waals surface area contributed by atoms with Crippen LogP contribution in [0.15, 0.2) is 72.8 Å². The topological polar surface area (TPSA) is 66.5 Å². The molecule has 3 amide bonds. The first-order valence-corrected chi connectivity index (χ1v) is 10.6. The third-order valence-corrected chi connectivity index (χ3v) is 6.72. The van der Waals surface area contributed by atoms with Gasteiger partial charge in [0.05, 0.1) is 11.8 Å². The molecule has 1 saturated carbocycles. The molecule has 30 heavy (non-hydrogen) atoms. The van der Waals surface area contributed by atoms with E-state index in [-0.39, 0.29) is 41.4 Å². The number of carbonyl (C=O) groups excluding carboxylic acids is 3. The molecule has 2 aromatic rings. The van der Waals surface area contributed by atoms with Crippen LogP contribution in [0.2, 0.25) is 0 Å². The van der Waals surface area contributed by atoms with Gasteiger partial charge in [-0.05, 0) is 42.4 Å². The molecule has 1 heterocycles. The van der Waals surface area contributed by atoms with Gasteiger partial charge in [-0.15, -0.1) is 0 Å². The number of anilines is 1. The van der Waals surface area contributed by atoms with Gasteiger partial charge >= 0.3 is 0 Å². The van der Waals surface area contributed by atoms with Crippen LogP contribution in [0.25, 0.3) is 0 Å². The zero-order valence-electron chi connectivity index (χ0n) is 16.6. The molecule has 0 aromatic heterocycles. The SMILES string of the molecule is O=C(Nc1ccccc1)C(Cc1ccccc1)N1C(=O)C2C3C=CC(CC3)C2C1=O. The van der Waals surface area contributed by atoms with E-state index in [0.717, 1.165) is 18.4 Å². The molecule has 0 radical (unpaired) electrons. The van der Waals surface area contributed by atoms with Gasteiger partial charge in [0.15, 0.2) is 0 Å². The second-order valence-electron chi connectivity index (χ2n) is 8.45. The van der Waals surface area contributed by atoms with Crippen LogP contribution >= 0.6 is 0 Å². The number of allylic oxidation sites excluding steroid dienone is 2. The Morgan fingerprint density at radius 2 is 1.40 bits per heavy atom. The average Bonchev–Trinajstić information content (AvgIpc) is 3.07. The van der Waals surface area contributed by atoms with E-state index in [4.69, 9.17) is 0 Å². The van der Waals surface area contributed by atoms with Crippen molar-refractivity contribution in [3.63, 3.8) is 0 Å². The summed E-state index contributed by atoms with van der Waals surface area (Å²) in [5, 5.41) is 2.90. The quantitative estimate of drug-likeness (QED) is 0.618. The first-order valence-electron chi connectivity index (χ1n) is 10.6. The van der Waals surface area contributed by atoms with Gasteiger partial charge in [0.25, 0.3) is 0 Å². The van der Waals surface area contributed by atoms with Crippen LogP contribution in [0.3, 0.4) is 0 Å². The van der Waals surface area contributed by atoms with E-state index in [9.17, 15) is 14.4 Å². The monoisotopic (exact) mass is 400 g/mol. The number of nitrogens with one attached hydrogen (secondary N) is 1. The molecular formula is C25H24N2O3. The summed E-state index contributed by atoms with van der Waals surface area (Å²) in [5.41, 5.74) is 1.57. The molecule has 6 rings (SSSR count). The van der Waals surface area contributed by atoms with Gasteiger partial charge in [-0.25, -0.2) is 0 Å². The van der Waals surface area contributed by atoms with Crippen LogP contribution in [0.4, 0.5) is 5.69 Å². The molecule has 1 N–H and O–H groups in total. The Labute approximate surface area is 175 Å².